The normalized spacial score (nSPS) is 15.0. The van der Waals surface area contributed by atoms with E-state index in [1.807, 2.05) is 62.6 Å². The number of nitrogens with zero attached hydrogens (tertiary/aromatic N) is 2. The summed E-state index contributed by atoms with van der Waals surface area (Å²) < 4.78 is 1.92. The third-order valence-corrected chi connectivity index (χ3v) is 6.46. The SMILES string of the molecule is CCc1ccc(N2C(=O)C(=Cc3cc(C)n(-c4cc(C(=O)O)ccc4C)c3C)C(=O)NC2=S)cc1. The molecule has 2 heterocycles. The Hall–Kier alpha value is -4.04. The van der Waals surface area contributed by atoms with Crippen LogP contribution in [0.15, 0.2) is 54.1 Å². The number of carboxylic acid groups (broad SMARTS) is 1. The number of amides is 2. The summed E-state index contributed by atoms with van der Waals surface area (Å²) in [5.74, 6) is -2.07. The highest BCUT2D eigenvalue weighted by molar-refractivity contribution is 7.80. The van der Waals surface area contributed by atoms with Crippen molar-refractivity contribution in [1.82, 2.24) is 9.88 Å². The summed E-state index contributed by atoms with van der Waals surface area (Å²) in [4.78, 5) is 39.0. The lowest BCUT2D eigenvalue weighted by atomic mass is 10.1. The van der Waals surface area contributed by atoms with Gasteiger partial charge in [0.2, 0.25) is 0 Å². The summed E-state index contributed by atoms with van der Waals surface area (Å²) >= 11 is 5.30. The Morgan fingerprint density at radius 3 is 2.37 bits per heavy atom. The van der Waals surface area contributed by atoms with Gasteiger partial charge in [-0.2, -0.15) is 0 Å². The highest BCUT2D eigenvalue weighted by atomic mass is 32.1. The largest absolute Gasteiger partial charge is 0.478 e. The van der Waals surface area contributed by atoms with Crippen LogP contribution in [-0.2, 0) is 16.0 Å². The molecule has 1 aliphatic rings. The van der Waals surface area contributed by atoms with Crippen LogP contribution in [0, 0.1) is 20.8 Å². The molecule has 3 aromatic rings. The third kappa shape index (κ3) is 4.40. The molecule has 1 aromatic heterocycles. The predicted octanol–water partition coefficient (Wildman–Crippen LogP) is 4.49. The molecule has 35 heavy (non-hydrogen) atoms. The van der Waals surface area contributed by atoms with E-state index in [9.17, 15) is 19.5 Å². The van der Waals surface area contributed by atoms with E-state index >= 15 is 0 Å². The molecule has 4 rings (SSSR count). The van der Waals surface area contributed by atoms with Gasteiger partial charge in [-0.05, 0) is 92.5 Å². The molecular formula is C27H25N3O4S. The lowest BCUT2D eigenvalue weighted by Crippen LogP contribution is -2.54. The number of carbonyl (C=O) groups is 3. The maximum Gasteiger partial charge on any atom is 0.335 e. The van der Waals surface area contributed by atoms with E-state index < -0.39 is 17.8 Å². The number of carboxylic acids is 1. The summed E-state index contributed by atoms with van der Waals surface area (Å²) in [6.07, 6.45) is 2.42. The van der Waals surface area contributed by atoms with E-state index in [1.165, 1.54) is 4.90 Å². The first-order chi connectivity index (χ1) is 16.6. The lowest BCUT2D eigenvalue weighted by molar-refractivity contribution is -0.122. The number of carbonyl (C=O) groups excluding carboxylic acids is 2. The Kier molecular flexibility index (Phi) is 6.41. The van der Waals surface area contributed by atoms with Crippen LogP contribution in [0.2, 0.25) is 0 Å². The molecule has 178 valence electrons. The van der Waals surface area contributed by atoms with Gasteiger partial charge in [0.05, 0.1) is 11.3 Å². The van der Waals surface area contributed by atoms with Crippen LogP contribution in [-0.4, -0.2) is 32.6 Å². The molecule has 1 aliphatic heterocycles. The van der Waals surface area contributed by atoms with E-state index in [1.54, 1.807) is 24.3 Å². The summed E-state index contributed by atoms with van der Waals surface area (Å²) in [5.41, 5.74) is 5.76. The maximum absolute atomic E-state index is 13.4. The van der Waals surface area contributed by atoms with Crippen LogP contribution in [0.25, 0.3) is 11.8 Å². The van der Waals surface area contributed by atoms with Crippen molar-refractivity contribution in [1.29, 1.82) is 0 Å². The molecule has 2 aromatic carbocycles. The molecular weight excluding hydrogens is 462 g/mol. The fraction of sp³-hybridized carbons (Fsp3) is 0.185. The van der Waals surface area contributed by atoms with Crippen LogP contribution in [0.1, 0.15) is 45.4 Å². The van der Waals surface area contributed by atoms with Gasteiger partial charge in [0, 0.05) is 17.1 Å². The monoisotopic (exact) mass is 487 g/mol. The summed E-state index contributed by atoms with van der Waals surface area (Å²) in [5, 5.41) is 12.1. The third-order valence-electron chi connectivity index (χ3n) is 6.17. The Morgan fingerprint density at radius 1 is 1.06 bits per heavy atom. The number of anilines is 1. The average molecular weight is 488 g/mol. The molecule has 1 fully saturated rings. The standard InChI is InChI=1S/C27H25N3O4S/c1-5-18-7-10-21(11-8-18)30-25(32)22(24(31)28-27(30)35)13-20-12-16(3)29(17(20)4)23-14-19(26(33)34)9-6-15(23)2/h6-14H,5H2,1-4H3,(H,33,34)(H,28,31,35). The number of benzene rings is 2. The highest BCUT2D eigenvalue weighted by Gasteiger charge is 2.34. The Labute approximate surface area is 208 Å². The molecule has 0 aliphatic carbocycles. The van der Waals surface area contributed by atoms with Gasteiger partial charge >= 0.3 is 5.97 Å². The van der Waals surface area contributed by atoms with Crippen molar-refractivity contribution in [2.75, 3.05) is 4.90 Å². The summed E-state index contributed by atoms with van der Waals surface area (Å²) in [6.45, 7) is 7.70. The van der Waals surface area contributed by atoms with E-state index in [0.29, 0.717) is 11.3 Å². The van der Waals surface area contributed by atoms with Gasteiger partial charge < -0.3 is 9.67 Å². The van der Waals surface area contributed by atoms with Crippen molar-refractivity contribution in [2.45, 2.75) is 34.1 Å². The van der Waals surface area contributed by atoms with Gasteiger partial charge in [0.1, 0.15) is 5.57 Å². The molecule has 8 heteroatoms. The second-order valence-corrected chi connectivity index (χ2v) is 8.83. The minimum atomic E-state index is -1.01. The number of aromatic carboxylic acids is 1. The van der Waals surface area contributed by atoms with Gasteiger partial charge in [-0.25, -0.2) is 4.79 Å². The quantitative estimate of drug-likeness (QED) is 0.314. The van der Waals surface area contributed by atoms with Crippen LogP contribution < -0.4 is 10.2 Å². The van der Waals surface area contributed by atoms with Crippen LogP contribution in [0.4, 0.5) is 5.69 Å². The zero-order valence-electron chi connectivity index (χ0n) is 19.9. The molecule has 2 amide bonds. The van der Waals surface area contributed by atoms with Crippen molar-refractivity contribution in [3.63, 3.8) is 0 Å². The van der Waals surface area contributed by atoms with E-state index in [-0.39, 0.29) is 16.2 Å². The van der Waals surface area contributed by atoms with Gasteiger partial charge in [0.15, 0.2) is 5.11 Å². The summed E-state index contributed by atoms with van der Waals surface area (Å²) in [6, 6.07) is 14.3. The van der Waals surface area contributed by atoms with Crippen molar-refractivity contribution in [3.8, 4) is 5.69 Å². The fourth-order valence-corrected chi connectivity index (χ4v) is 4.50. The minimum Gasteiger partial charge on any atom is -0.478 e. The number of rotatable bonds is 5. The number of hydrogen-bond acceptors (Lipinski definition) is 4. The molecule has 0 spiro atoms. The molecule has 1 saturated heterocycles. The second-order valence-electron chi connectivity index (χ2n) is 8.45. The number of thiocarbonyl (C=S) groups is 1. The zero-order chi connectivity index (χ0) is 25.4. The smallest absolute Gasteiger partial charge is 0.335 e. The first kappa shape index (κ1) is 24.1. The topological polar surface area (TPSA) is 91.6 Å². The highest BCUT2D eigenvalue weighted by Crippen LogP contribution is 2.28. The molecule has 0 unspecified atom stereocenters. The zero-order valence-corrected chi connectivity index (χ0v) is 20.7. The van der Waals surface area contributed by atoms with Gasteiger partial charge in [-0.3, -0.25) is 19.8 Å². The molecule has 0 atom stereocenters. The van der Waals surface area contributed by atoms with Crippen molar-refractivity contribution in [3.05, 3.63) is 87.7 Å². The number of aryl methyl sites for hydroxylation is 3. The first-order valence-corrected chi connectivity index (χ1v) is 11.6. The van der Waals surface area contributed by atoms with Crippen molar-refractivity contribution >= 4 is 46.9 Å². The first-order valence-electron chi connectivity index (χ1n) is 11.2. The minimum absolute atomic E-state index is 0.0329. The van der Waals surface area contributed by atoms with Crippen molar-refractivity contribution < 1.29 is 19.5 Å². The number of hydrogen-bond donors (Lipinski definition) is 2. The second kappa shape index (κ2) is 9.31. The summed E-state index contributed by atoms with van der Waals surface area (Å²) in [7, 11) is 0. The van der Waals surface area contributed by atoms with Crippen LogP contribution >= 0.6 is 12.2 Å². The molecule has 2 N–H and O–H groups in total. The lowest BCUT2D eigenvalue weighted by Gasteiger charge is -2.29. The molecule has 0 saturated carbocycles. The molecule has 0 bridgehead atoms. The Balaban J connectivity index is 1.77. The van der Waals surface area contributed by atoms with E-state index in [2.05, 4.69) is 5.32 Å². The van der Waals surface area contributed by atoms with E-state index in [4.69, 9.17) is 12.2 Å². The average Bonchev–Trinajstić information content (AvgIpc) is 3.09. The van der Waals surface area contributed by atoms with Gasteiger partial charge in [0.25, 0.3) is 11.8 Å². The van der Waals surface area contributed by atoms with Crippen LogP contribution in [0.3, 0.4) is 0 Å². The molecule has 7 nitrogen and oxygen atoms in total. The van der Waals surface area contributed by atoms with E-state index in [0.717, 1.165) is 34.6 Å². The van der Waals surface area contributed by atoms with Gasteiger partial charge in [-0.1, -0.05) is 25.1 Å². The number of aromatic nitrogens is 1. The number of nitrogens with one attached hydrogen (secondary N) is 1. The maximum atomic E-state index is 13.4. The Bertz CT molecular complexity index is 1420. The Morgan fingerprint density at radius 2 is 1.74 bits per heavy atom. The van der Waals surface area contributed by atoms with Crippen LogP contribution in [0.5, 0.6) is 0 Å². The van der Waals surface area contributed by atoms with Crippen molar-refractivity contribution in [2.24, 2.45) is 0 Å². The molecule has 0 radical (unpaired) electrons. The van der Waals surface area contributed by atoms with Gasteiger partial charge in [-0.15, -0.1) is 0 Å². The fourth-order valence-electron chi connectivity index (χ4n) is 4.22. The predicted molar refractivity (Wildman–Crippen MR) is 139 cm³/mol.